The standard InChI is InChI=1S/C31H31N5O6S/c1-40-20-10-8-19(9-11-20)17-32-27(37)15-13-24-30(39)36-29(34-24)22-6-4-5-7-23(22)35-31(36)43-18-28(38)33-25-16-21(41-2)12-14-26(25)42-3/h4-12,14,16,24H,13,15,17-18H2,1-3H3,(H,32,37)(H,33,38)/t24-/m0/s1. The number of thioether (sulfide) groups is 1. The van der Waals surface area contributed by atoms with Crippen LogP contribution >= 0.6 is 11.8 Å². The third-order valence-corrected chi connectivity index (χ3v) is 7.79. The SMILES string of the molecule is COc1ccc(CNC(=O)CC[C@@H]2N=C3c4ccccc4N=C(SCC(=O)Nc4cc(OC)ccc4OC)N3C2=O)cc1. The smallest absolute Gasteiger partial charge is 0.259 e. The van der Waals surface area contributed by atoms with E-state index in [1.165, 1.54) is 19.1 Å². The Hall–Kier alpha value is -4.84. The molecule has 0 saturated carbocycles. The van der Waals surface area contributed by atoms with Crippen LogP contribution in [0.15, 0.2) is 76.7 Å². The van der Waals surface area contributed by atoms with Crippen LogP contribution in [0.25, 0.3) is 0 Å². The van der Waals surface area contributed by atoms with Crippen LogP contribution in [0.3, 0.4) is 0 Å². The van der Waals surface area contributed by atoms with Crippen molar-refractivity contribution < 1.29 is 28.6 Å². The van der Waals surface area contributed by atoms with Crippen molar-refractivity contribution in [2.24, 2.45) is 9.98 Å². The van der Waals surface area contributed by atoms with Crippen molar-refractivity contribution in [1.29, 1.82) is 0 Å². The Labute approximate surface area is 253 Å². The molecule has 3 aromatic rings. The molecular formula is C31H31N5O6S. The van der Waals surface area contributed by atoms with Crippen molar-refractivity contribution >= 4 is 51.9 Å². The molecule has 3 aromatic carbocycles. The molecule has 2 heterocycles. The molecule has 0 radical (unpaired) electrons. The quantitative estimate of drug-likeness (QED) is 0.338. The number of methoxy groups -OCH3 is 3. The number of carbonyl (C=O) groups is 3. The third-order valence-electron chi connectivity index (χ3n) is 6.85. The highest BCUT2D eigenvalue weighted by atomic mass is 32.2. The highest BCUT2D eigenvalue weighted by Gasteiger charge is 2.41. The first-order valence-corrected chi connectivity index (χ1v) is 14.5. The number of fused-ring (bicyclic) bond motifs is 3. The average Bonchev–Trinajstić information content (AvgIpc) is 3.38. The number of carbonyl (C=O) groups excluding carboxylic acids is 3. The third kappa shape index (κ3) is 6.81. The van der Waals surface area contributed by atoms with E-state index in [9.17, 15) is 14.4 Å². The molecule has 0 spiro atoms. The van der Waals surface area contributed by atoms with Crippen molar-refractivity contribution in [3.63, 3.8) is 0 Å². The predicted molar refractivity (Wildman–Crippen MR) is 165 cm³/mol. The lowest BCUT2D eigenvalue weighted by Crippen LogP contribution is -2.41. The molecule has 0 saturated heterocycles. The number of hydrogen-bond donors (Lipinski definition) is 2. The van der Waals surface area contributed by atoms with E-state index in [1.54, 1.807) is 25.3 Å². The molecule has 2 aliphatic rings. The van der Waals surface area contributed by atoms with E-state index in [0.29, 0.717) is 40.4 Å². The van der Waals surface area contributed by atoms with Gasteiger partial charge in [0.05, 0.1) is 38.5 Å². The summed E-state index contributed by atoms with van der Waals surface area (Å²) in [5.74, 6) is 1.48. The van der Waals surface area contributed by atoms with Crippen LogP contribution in [0.1, 0.15) is 24.0 Å². The van der Waals surface area contributed by atoms with Crippen molar-refractivity contribution in [3.8, 4) is 17.2 Å². The van der Waals surface area contributed by atoms with Crippen LogP contribution in [-0.2, 0) is 20.9 Å². The summed E-state index contributed by atoms with van der Waals surface area (Å²) in [6, 6.07) is 19.2. The number of ether oxygens (including phenoxy) is 3. The van der Waals surface area contributed by atoms with E-state index in [2.05, 4.69) is 15.6 Å². The fraction of sp³-hybridized carbons (Fsp3) is 0.258. The maximum Gasteiger partial charge on any atom is 0.259 e. The Bertz CT molecular complexity index is 1590. The Morgan fingerprint density at radius 3 is 2.42 bits per heavy atom. The minimum atomic E-state index is -0.742. The monoisotopic (exact) mass is 601 g/mol. The normalized spacial score (nSPS) is 15.1. The Morgan fingerprint density at radius 2 is 1.67 bits per heavy atom. The summed E-state index contributed by atoms with van der Waals surface area (Å²) in [6.45, 7) is 0.368. The van der Waals surface area contributed by atoms with Gasteiger partial charge in [-0.15, -0.1) is 0 Å². The van der Waals surface area contributed by atoms with Gasteiger partial charge < -0.3 is 24.8 Å². The molecule has 0 bridgehead atoms. The highest BCUT2D eigenvalue weighted by molar-refractivity contribution is 8.14. The number of rotatable bonds is 11. The lowest BCUT2D eigenvalue weighted by Gasteiger charge is -2.25. The van der Waals surface area contributed by atoms with Gasteiger partial charge in [-0.3, -0.25) is 19.4 Å². The van der Waals surface area contributed by atoms with Crippen LogP contribution in [0.2, 0.25) is 0 Å². The highest BCUT2D eigenvalue weighted by Crippen LogP contribution is 2.35. The van der Waals surface area contributed by atoms with Gasteiger partial charge in [0.15, 0.2) is 5.17 Å². The maximum atomic E-state index is 13.5. The molecule has 43 heavy (non-hydrogen) atoms. The minimum Gasteiger partial charge on any atom is -0.497 e. The largest absolute Gasteiger partial charge is 0.497 e. The second kappa shape index (κ2) is 13.4. The van der Waals surface area contributed by atoms with Gasteiger partial charge in [-0.05, 0) is 48.4 Å². The van der Waals surface area contributed by atoms with E-state index in [-0.39, 0.29) is 36.3 Å². The number of aliphatic imine (C=N–C) groups is 2. The molecule has 0 aromatic heterocycles. The Balaban J connectivity index is 1.23. The van der Waals surface area contributed by atoms with E-state index < -0.39 is 6.04 Å². The second-order valence-electron chi connectivity index (χ2n) is 9.62. The number of para-hydroxylation sites is 1. The number of nitrogens with one attached hydrogen (secondary N) is 2. The van der Waals surface area contributed by atoms with Crippen molar-refractivity contribution in [2.75, 3.05) is 32.4 Å². The molecule has 0 aliphatic carbocycles. The minimum absolute atomic E-state index is 0.0170. The van der Waals surface area contributed by atoms with Crippen LogP contribution in [0.4, 0.5) is 11.4 Å². The van der Waals surface area contributed by atoms with E-state index in [0.717, 1.165) is 28.6 Å². The maximum absolute atomic E-state index is 13.5. The molecular weight excluding hydrogens is 570 g/mol. The summed E-state index contributed by atoms with van der Waals surface area (Å²) >= 11 is 1.13. The predicted octanol–water partition coefficient (Wildman–Crippen LogP) is 4.14. The summed E-state index contributed by atoms with van der Waals surface area (Å²) in [4.78, 5) is 49.9. The van der Waals surface area contributed by atoms with Crippen molar-refractivity contribution in [3.05, 3.63) is 77.9 Å². The topological polar surface area (TPSA) is 131 Å². The van der Waals surface area contributed by atoms with Gasteiger partial charge >= 0.3 is 0 Å². The first-order chi connectivity index (χ1) is 20.9. The zero-order valence-corrected chi connectivity index (χ0v) is 24.8. The number of amidine groups is 2. The van der Waals surface area contributed by atoms with Crippen molar-refractivity contribution in [2.45, 2.75) is 25.4 Å². The molecule has 3 amide bonds. The molecule has 11 nitrogen and oxygen atoms in total. The number of anilines is 1. The molecule has 2 aliphatic heterocycles. The van der Waals surface area contributed by atoms with Gasteiger partial charge in [0.2, 0.25) is 11.8 Å². The van der Waals surface area contributed by atoms with Crippen molar-refractivity contribution in [1.82, 2.24) is 10.2 Å². The van der Waals surface area contributed by atoms with Gasteiger partial charge in [-0.1, -0.05) is 36.0 Å². The van der Waals surface area contributed by atoms with Gasteiger partial charge in [0.1, 0.15) is 29.1 Å². The summed E-state index contributed by atoms with van der Waals surface area (Å²) in [7, 11) is 4.65. The lowest BCUT2D eigenvalue weighted by atomic mass is 10.1. The number of amides is 3. The van der Waals surface area contributed by atoms with Crippen LogP contribution in [-0.4, -0.2) is 66.7 Å². The molecule has 222 valence electrons. The van der Waals surface area contributed by atoms with Gasteiger partial charge in [-0.2, -0.15) is 0 Å². The number of hydrogen-bond acceptors (Lipinski definition) is 9. The van der Waals surface area contributed by atoms with Gasteiger partial charge in [0, 0.05) is 24.6 Å². The molecule has 1 atom stereocenters. The Morgan fingerprint density at radius 1 is 0.930 bits per heavy atom. The summed E-state index contributed by atoms with van der Waals surface area (Å²) in [5.41, 5.74) is 2.78. The molecule has 5 rings (SSSR count). The number of benzene rings is 3. The lowest BCUT2D eigenvalue weighted by molar-refractivity contribution is -0.125. The fourth-order valence-corrected chi connectivity index (χ4v) is 5.42. The molecule has 0 fully saturated rings. The zero-order valence-electron chi connectivity index (χ0n) is 24.0. The Kier molecular flexibility index (Phi) is 9.26. The fourth-order valence-electron chi connectivity index (χ4n) is 4.62. The number of nitrogens with zero attached hydrogens (tertiary/aromatic N) is 3. The van der Waals surface area contributed by atoms with E-state index in [1.807, 2.05) is 48.5 Å². The average molecular weight is 602 g/mol. The zero-order chi connectivity index (χ0) is 30.3. The summed E-state index contributed by atoms with van der Waals surface area (Å²) < 4.78 is 15.8. The van der Waals surface area contributed by atoms with Crippen LogP contribution < -0.4 is 24.8 Å². The molecule has 2 N–H and O–H groups in total. The first-order valence-electron chi connectivity index (χ1n) is 13.5. The molecule has 12 heteroatoms. The summed E-state index contributed by atoms with van der Waals surface area (Å²) in [6.07, 6.45) is 0.368. The summed E-state index contributed by atoms with van der Waals surface area (Å²) in [5, 5.41) is 6.07. The first kappa shape index (κ1) is 29.6. The van der Waals surface area contributed by atoms with Gasteiger partial charge in [-0.25, -0.2) is 9.89 Å². The van der Waals surface area contributed by atoms with Crippen LogP contribution in [0.5, 0.6) is 17.2 Å². The van der Waals surface area contributed by atoms with E-state index >= 15 is 0 Å². The van der Waals surface area contributed by atoms with Crippen LogP contribution in [0, 0.1) is 0 Å². The van der Waals surface area contributed by atoms with Gasteiger partial charge in [0.25, 0.3) is 5.91 Å². The second-order valence-corrected chi connectivity index (χ2v) is 10.6. The van der Waals surface area contributed by atoms with E-state index in [4.69, 9.17) is 19.2 Å². The molecule has 0 unspecified atom stereocenters.